The second kappa shape index (κ2) is 11.2. The van der Waals surface area contributed by atoms with E-state index in [-0.39, 0.29) is 5.91 Å². The van der Waals surface area contributed by atoms with Gasteiger partial charge in [-0.05, 0) is 50.2 Å². The third kappa shape index (κ3) is 5.73. The van der Waals surface area contributed by atoms with E-state index in [1.165, 1.54) is 0 Å². The van der Waals surface area contributed by atoms with Crippen molar-refractivity contribution in [2.75, 3.05) is 20.3 Å². The van der Waals surface area contributed by atoms with Gasteiger partial charge in [-0.15, -0.1) is 0 Å². The van der Waals surface area contributed by atoms with Gasteiger partial charge in [-0.3, -0.25) is 4.79 Å². The molecule has 7 heteroatoms. The minimum Gasteiger partial charge on any atom is -0.437 e. The molecule has 0 aliphatic rings. The molecule has 3 aromatic carbocycles. The predicted molar refractivity (Wildman–Crippen MR) is 138 cm³/mol. The highest BCUT2D eigenvalue weighted by Crippen LogP contribution is 2.35. The molecule has 0 saturated heterocycles. The number of ether oxygens (including phenoxy) is 2. The summed E-state index contributed by atoms with van der Waals surface area (Å²) in [7, 11) is 1.62. The lowest BCUT2D eigenvalue weighted by atomic mass is 10.1. The summed E-state index contributed by atoms with van der Waals surface area (Å²) in [6.07, 6.45) is 0. The zero-order valence-electron chi connectivity index (χ0n) is 20.1. The van der Waals surface area contributed by atoms with E-state index in [4.69, 9.17) is 26.2 Å². The topological polar surface area (TPSA) is 56.6 Å². The Morgan fingerprint density at radius 1 is 0.971 bits per heavy atom. The van der Waals surface area contributed by atoms with Crippen molar-refractivity contribution in [3.05, 3.63) is 106 Å². The molecule has 1 aromatic heterocycles. The van der Waals surface area contributed by atoms with Gasteiger partial charge < -0.3 is 14.4 Å². The van der Waals surface area contributed by atoms with Crippen LogP contribution in [0.5, 0.6) is 11.6 Å². The van der Waals surface area contributed by atoms with Gasteiger partial charge in [0.2, 0.25) is 5.88 Å². The summed E-state index contributed by atoms with van der Waals surface area (Å²) in [6.45, 7) is 5.04. The number of benzene rings is 3. The monoisotopic (exact) mass is 489 g/mol. The third-order valence-corrected chi connectivity index (χ3v) is 5.99. The molecule has 1 amide bonds. The maximum Gasteiger partial charge on any atom is 0.254 e. The average Bonchev–Trinajstić information content (AvgIpc) is 3.18. The fourth-order valence-electron chi connectivity index (χ4n) is 3.72. The number of nitrogens with zero attached hydrogens (tertiary/aromatic N) is 3. The predicted octanol–water partition coefficient (Wildman–Crippen LogP) is 6.22. The zero-order valence-corrected chi connectivity index (χ0v) is 20.8. The smallest absolute Gasteiger partial charge is 0.254 e. The lowest BCUT2D eigenvalue weighted by Crippen LogP contribution is -2.33. The Morgan fingerprint density at radius 2 is 1.66 bits per heavy atom. The number of carbonyl (C=O) groups is 1. The number of amides is 1. The van der Waals surface area contributed by atoms with Crippen LogP contribution in [0.4, 0.5) is 0 Å². The molecule has 0 spiro atoms. The number of hydrogen-bond acceptors (Lipinski definition) is 4. The molecule has 1 heterocycles. The van der Waals surface area contributed by atoms with Crippen LogP contribution in [0, 0.1) is 13.8 Å². The molecule has 0 unspecified atom stereocenters. The van der Waals surface area contributed by atoms with Gasteiger partial charge in [0.25, 0.3) is 5.91 Å². The van der Waals surface area contributed by atoms with Crippen molar-refractivity contribution in [1.82, 2.24) is 14.7 Å². The molecular weight excluding hydrogens is 462 g/mol. The van der Waals surface area contributed by atoms with Crippen LogP contribution in [0.2, 0.25) is 5.02 Å². The molecule has 0 saturated carbocycles. The molecule has 0 atom stereocenters. The maximum atomic E-state index is 13.5. The van der Waals surface area contributed by atoms with Crippen LogP contribution in [-0.4, -0.2) is 40.8 Å². The van der Waals surface area contributed by atoms with Crippen LogP contribution in [0.15, 0.2) is 78.9 Å². The Bertz CT molecular complexity index is 1290. The molecule has 6 nitrogen and oxygen atoms in total. The molecule has 0 fully saturated rings. The second-order valence-corrected chi connectivity index (χ2v) is 8.64. The van der Waals surface area contributed by atoms with E-state index in [9.17, 15) is 4.79 Å². The first kappa shape index (κ1) is 24.5. The summed E-state index contributed by atoms with van der Waals surface area (Å²) < 4.78 is 13.4. The second-order valence-electron chi connectivity index (χ2n) is 8.23. The molecule has 4 rings (SSSR count). The molecule has 0 aliphatic carbocycles. The highest BCUT2D eigenvalue weighted by molar-refractivity contribution is 6.32. The normalized spacial score (nSPS) is 10.9. The minimum absolute atomic E-state index is 0.0856. The lowest BCUT2D eigenvalue weighted by molar-refractivity contribution is 0.0679. The molecular formula is C28H28ClN3O3. The SMILES string of the molecule is COCCN(Cc1c(C)nn(-c2ccccc2)c1Oc1ccccc1Cl)C(=O)c1ccc(C)cc1. The Balaban J connectivity index is 1.76. The van der Waals surface area contributed by atoms with Crippen molar-refractivity contribution in [1.29, 1.82) is 0 Å². The highest BCUT2D eigenvalue weighted by Gasteiger charge is 2.24. The molecule has 35 heavy (non-hydrogen) atoms. The Kier molecular flexibility index (Phi) is 7.85. The largest absolute Gasteiger partial charge is 0.437 e. The van der Waals surface area contributed by atoms with Crippen LogP contribution < -0.4 is 4.74 Å². The van der Waals surface area contributed by atoms with E-state index in [0.29, 0.717) is 41.9 Å². The van der Waals surface area contributed by atoms with Crippen LogP contribution in [0.1, 0.15) is 27.2 Å². The van der Waals surface area contributed by atoms with Gasteiger partial charge in [-0.2, -0.15) is 5.10 Å². The van der Waals surface area contributed by atoms with Crippen molar-refractivity contribution in [2.45, 2.75) is 20.4 Å². The number of carbonyl (C=O) groups excluding carboxylic acids is 1. The first-order chi connectivity index (χ1) is 17.0. The first-order valence-electron chi connectivity index (χ1n) is 11.4. The summed E-state index contributed by atoms with van der Waals surface area (Å²) in [4.78, 5) is 15.2. The summed E-state index contributed by atoms with van der Waals surface area (Å²) in [5, 5.41) is 5.25. The Labute approximate surface area is 210 Å². The molecule has 4 aromatic rings. The molecule has 0 bridgehead atoms. The summed E-state index contributed by atoms with van der Waals surface area (Å²) in [5.41, 5.74) is 4.12. The van der Waals surface area contributed by atoms with E-state index >= 15 is 0 Å². The number of halogens is 1. The number of aromatic nitrogens is 2. The zero-order chi connectivity index (χ0) is 24.8. The first-order valence-corrected chi connectivity index (χ1v) is 11.8. The van der Waals surface area contributed by atoms with Crippen LogP contribution in [0.3, 0.4) is 0 Å². The van der Waals surface area contributed by atoms with Gasteiger partial charge in [-0.25, -0.2) is 4.68 Å². The molecule has 0 N–H and O–H groups in total. The Morgan fingerprint density at radius 3 is 2.34 bits per heavy atom. The van der Waals surface area contributed by atoms with E-state index in [2.05, 4.69) is 0 Å². The number of para-hydroxylation sites is 2. The van der Waals surface area contributed by atoms with E-state index in [1.807, 2.05) is 86.6 Å². The van der Waals surface area contributed by atoms with Crippen LogP contribution in [-0.2, 0) is 11.3 Å². The average molecular weight is 490 g/mol. The van der Waals surface area contributed by atoms with E-state index in [0.717, 1.165) is 22.5 Å². The van der Waals surface area contributed by atoms with Crippen molar-refractivity contribution in [3.63, 3.8) is 0 Å². The van der Waals surface area contributed by atoms with E-state index < -0.39 is 0 Å². The molecule has 0 aliphatic heterocycles. The summed E-state index contributed by atoms with van der Waals surface area (Å²) in [6, 6.07) is 24.6. The molecule has 0 radical (unpaired) electrons. The quantitative estimate of drug-likeness (QED) is 0.280. The van der Waals surface area contributed by atoms with Crippen molar-refractivity contribution in [3.8, 4) is 17.3 Å². The number of hydrogen-bond donors (Lipinski definition) is 0. The fourth-order valence-corrected chi connectivity index (χ4v) is 3.90. The maximum absolute atomic E-state index is 13.5. The van der Waals surface area contributed by atoms with Crippen LogP contribution in [0.25, 0.3) is 5.69 Å². The fraction of sp³-hybridized carbons (Fsp3) is 0.214. The van der Waals surface area contributed by atoms with Crippen molar-refractivity contribution < 1.29 is 14.3 Å². The molecule has 180 valence electrons. The summed E-state index contributed by atoms with van der Waals surface area (Å²) >= 11 is 6.41. The number of rotatable bonds is 9. The summed E-state index contributed by atoms with van der Waals surface area (Å²) in [5.74, 6) is 0.944. The number of aryl methyl sites for hydroxylation is 2. The minimum atomic E-state index is -0.0856. The Hall–Kier alpha value is -3.61. The highest BCUT2D eigenvalue weighted by atomic mass is 35.5. The van der Waals surface area contributed by atoms with Gasteiger partial charge >= 0.3 is 0 Å². The standard InChI is InChI=1S/C28H28ClN3O3/c1-20-13-15-22(16-14-20)27(33)31(17-18-34-3)19-24-21(2)30-32(23-9-5-4-6-10-23)28(24)35-26-12-8-7-11-25(26)29/h4-16H,17-19H2,1-3H3. The van der Waals surface area contributed by atoms with Crippen LogP contribution >= 0.6 is 11.6 Å². The van der Waals surface area contributed by atoms with Gasteiger partial charge in [0, 0.05) is 19.2 Å². The van der Waals surface area contributed by atoms with Crippen molar-refractivity contribution in [2.24, 2.45) is 0 Å². The van der Waals surface area contributed by atoms with Gasteiger partial charge in [0.05, 0.1) is 35.1 Å². The van der Waals surface area contributed by atoms with E-state index in [1.54, 1.807) is 22.8 Å². The lowest BCUT2D eigenvalue weighted by Gasteiger charge is -2.23. The van der Waals surface area contributed by atoms with Crippen molar-refractivity contribution >= 4 is 17.5 Å². The van der Waals surface area contributed by atoms with Gasteiger partial charge in [0.15, 0.2) is 0 Å². The third-order valence-electron chi connectivity index (χ3n) is 5.68. The van der Waals surface area contributed by atoms with Gasteiger partial charge in [-0.1, -0.05) is 59.6 Å². The van der Waals surface area contributed by atoms with Gasteiger partial charge in [0.1, 0.15) is 5.75 Å². The number of methoxy groups -OCH3 is 1.